The van der Waals surface area contributed by atoms with E-state index in [1.807, 2.05) is 11.0 Å². The molecular weight excluding hydrogens is 306 g/mol. The van der Waals surface area contributed by atoms with Gasteiger partial charge >= 0.3 is 5.97 Å². The SMILES string of the molecule is N#Cc1ccc(C(=O)NC2CC(N(CC(=O)O)CC3CC3)C2)cc1. The zero-order valence-electron chi connectivity index (χ0n) is 13.4. The highest BCUT2D eigenvalue weighted by molar-refractivity contribution is 5.94. The maximum atomic E-state index is 12.2. The van der Waals surface area contributed by atoms with Gasteiger partial charge in [-0.3, -0.25) is 14.5 Å². The lowest BCUT2D eigenvalue weighted by Gasteiger charge is -2.42. The number of carboxylic acids is 1. The molecule has 0 radical (unpaired) electrons. The molecule has 0 aromatic heterocycles. The summed E-state index contributed by atoms with van der Waals surface area (Å²) in [6.45, 7) is 0.935. The van der Waals surface area contributed by atoms with E-state index in [4.69, 9.17) is 10.4 Å². The molecule has 0 unspecified atom stereocenters. The van der Waals surface area contributed by atoms with Gasteiger partial charge in [-0.25, -0.2) is 0 Å². The van der Waals surface area contributed by atoms with Gasteiger partial charge in [0, 0.05) is 24.2 Å². The third kappa shape index (κ3) is 4.12. The van der Waals surface area contributed by atoms with Crippen molar-refractivity contribution in [3.63, 3.8) is 0 Å². The zero-order valence-corrected chi connectivity index (χ0v) is 13.4. The minimum atomic E-state index is -0.791. The number of nitriles is 1. The summed E-state index contributed by atoms with van der Waals surface area (Å²) in [5.41, 5.74) is 1.07. The number of carbonyl (C=O) groups is 2. The normalized spacial score (nSPS) is 22.5. The fourth-order valence-corrected chi connectivity index (χ4v) is 3.12. The minimum Gasteiger partial charge on any atom is -0.480 e. The van der Waals surface area contributed by atoms with E-state index >= 15 is 0 Å². The second-order valence-corrected chi connectivity index (χ2v) is 6.75. The molecule has 2 saturated carbocycles. The van der Waals surface area contributed by atoms with Crippen LogP contribution in [0, 0.1) is 17.2 Å². The van der Waals surface area contributed by atoms with Crippen LogP contribution in [0.5, 0.6) is 0 Å². The molecule has 24 heavy (non-hydrogen) atoms. The van der Waals surface area contributed by atoms with Crippen molar-refractivity contribution in [1.82, 2.24) is 10.2 Å². The third-order valence-electron chi connectivity index (χ3n) is 4.77. The molecular formula is C18H21N3O3. The highest BCUT2D eigenvalue weighted by Crippen LogP contribution is 2.33. The van der Waals surface area contributed by atoms with Crippen molar-refractivity contribution >= 4 is 11.9 Å². The summed E-state index contributed by atoms with van der Waals surface area (Å²) in [5, 5.41) is 20.8. The number of carboxylic acid groups (broad SMARTS) is 1. The van der Waals surface area contributed by atoms with Gasteiger partial charge in [0.15, 0.2) is 0 Å². The predicted molar refractivity (Wildman–Crippen MR) is 87.4 cm³/mol. The monoisotopic (exact) mass is 327 g/mol. The Hall–Kier alpha value is -2.39. The Labute approximate surface area is 141 Å². The number of nitrogens with one attached hydrogen (secondary N) is 1. The molecule has 126 valence electrons. The van der Waals surface area contributed by atoms with Gasteiger partial charge in [0.05, 0.1) is 18.2 Å². The Kier molecular flexibility index (Phi) is 4.81. The lowest BCUT2D eigenvalue weighted by atomic mass is 9.85. The van der Waals surface area contributed by atoms with E-state index in [-0.39, 0.29) is 24.5 Å². The van der Waals surface area contributed by atoms with E-state index in [0.29, 0.717) is 17.0 Å². The summed E-state index contributed by atoms with van der Waals surface area (Å²) in [5.74, 6) is -0.285. The number of amides is 1. The first-order valence-corrected chi connectivity index (χ1v) is 8.32. The first kappa shape index (κ1) is 16.5. The number of hydrogen-bond donors (Lipinski definition) is 2. The van der Waals surface area contributed by atoms with Crippen molar-refractivity contribution in [2.45, 2.75) is 37.8 Å². The second kappa shape index (κ2) is 7.02. The Morgan fingerprint density at radius 3 is 2.46 bits per heavy atom. The fourth-order valence-electron chi connectivity index (χ4n) is 3.12. The van der Waals surface area contributed by atoms with E-state index in [2.05, 4.69) is 5.32 Å². The van der Waals surface area contributed by atoms with Crippen LogP contribution in [0.15, 0.2) is 24.3 Å². The molecule has 2 aliphatic carbocycles. The van der Waals surface area contributed by atoms with Gasteiger partial charge in [0.2, 0.25) is 0 Å². The fraction of sp³-hybridized carbons (Fsp3) is 0.500. The molecule has 3 rings (SSSR count). The van der Waals surface area contributed by atoms with Crippen molar-refractivity contribution < 1.29 is 14.7 Å². The topological polar surface area (TPSA) is 93.4 Å². The van der Waals surface area contributed by atoms with Gasteiger partial charge in [-0.1, -0.05) is 0 Å². The maximum absolute atomic E-state index is 12.2. The van der Waals surface area contributed by atoms with E-state index in [9.17, 15) is 9.59 Å². The average Bonchev–Trinajstić information content (AvgIpc) is 3.33. The summed E-state index contributed by atoms with van der Waals surface area (Å²) < 4.78 is 0. The quantitative estimate of drug-likeness (QED) is 0.793. The number of aliphatic carboxylic acids is 1. The summed E-state index contributed by atoms with van der Waals surface area (Å²) in [6.07, 6.45) is 3.98. The average molecular weight is 327 g/mol. The van der Waals surface area contributed by atoms with Gasteiger partial charge in [-0.2, -0.15) is 5.26 Å². The molecule has 6 nitrogen and oxygen atoms in total. The van der Waals surface area contributed by atoms with Crippen molar-refractivity contribution in [1.29, 1.82) is 5.26 Å². The number of rotatable bonds is 7. The molecule has 0 heterocycles. The molecule has 0 atom stereocenters. The summed E-state index contributed by atoms with van der Waals surface area (Å²) in [7, 11) is 0. The molecule has 2 aliphatic rings. The standard InChI is InChI=1S/C18H21N3O3/c19-9-12-3-5-14(6-4-12)18(24)20-15-7-16(8-15)21(11-17(22)23)10-13-1-2-13/h3-6,13,15-16H,1-2,7-8,10-11H2,(H,20,24)(H,22,23). The van der Waals surface area contributed by atoms with Crippen LogP contribution in [-0.2, 0) is 4.79 Å². The maximum Gasteiger partial charge on any atom is 0.317 e. The van der Waals surface area contributed by atoms with Crippen LogP contribution in [-0.4, -0.2) is 47.1 Å². The largest absolute Gasteiger partial charge is 0.480 e. The lowest BCUT2D eigenvalue weighted by Crippen LogP contribution is -2.55. The minimum absolute atomic E-state index is 0.0808. The smallest absolute Gasteiger partial charge is 0.317 e. The summed E-state index contributed by atoms with van der Waals surface area (Å²) in [6, 6.07) is 8.91. The van der Waals surface area contributed by atoms with Crippen molar-refractivity contribution in [2.75, 3.05) is 13.1 Å². The van der Waals surface area contributed by atoms with Crippen molar-refractivity contribution in [2.24, 2.45) is 5.92 Å². The number of hydrogen-bond acceptors (Lipinski definition) is 4. The molecule has 1 aromatic carbocycles. The first-order chi connectivity index (χ1) is 11.5. The molecule has 0 aliphatic heterocycles. The first-order valence-electron chi connectivity index (χ1n) is 8.32. The van der Waals surface area contributed by atoms with Crippen LogP contribution in [0.3, 0.4) is 0 Å². The summed E-state index contributed by atoms with van der Waals surface area (Å²) in [4.78, 5) is 25.3. The molecule has 6 heteroatoms. The van der Waals surface area contributed by atoms with Crippen LogP contribution in [0.2, 0.25) is 0 Å². The summed E-state index contributed by atoms with van der Waals surface area (Å²) >= 11 is 0. The van der Waals surface area contributed by atoms with Crippen molar-refractivity contribution in [3.05, 3.63) is 35.4 Å². The van der Waals surface area contributed by atoms with Gasteiger partial charge in [-0.05, 0) is 55.9 Å². The molecule has 0 bridgehead atoms. The number of nitrogens with zero attached hydrogens (tertiary/aromatic N) is 2. The molecule has 2 N–H and O–H groups in total. The Balaban J connectivity index is 1.48. The highest BCUT2D eigenvalue weighted by Gasteiger charge is 2.37. The van der Waals surface area contributed by atoms with Crippen molar-refractivity contribution in [3.8, 4) is 6.07 Å². The van der Waals surface area contributed by atoms with Crippen LogP contribution >= 0.6 is 0 Å². The lowest BCUT2D eigenvalue weighted by molar-refractivity contribution is -0.139. The zero-order chi connectivity index (χ0) is 17.1. The Morgan fingerprint density at radius 2 is 1.92 bits per heavy atom. The molecule has 0 saturated heterocycles. The molecule has 1 amide bonds. The molecule has 0 spiro atoms. The number of benzene rings is 1. The van der Waals surface area contributed by atoms with E-state index in [0.717, 1.165) is 19.4 Å². The van der Waals surface area contributed by atoms with Crippen LogP contribution in [0.4, 0.5) is 0 Å². The van der Waals surface area contributed by atoms with E-state index < -0.39 is 5.97 Å². The molecule has 2 fully saturated rings. The Bertz CT molecular complexity index is 655. The van der Waals surface area contributed by atoms with Gasteiger partial charge in [0.25, 0.3) is 5.91 Å². The predicted octanol–water partition coefficient (Wildman–Crippen LogP) is 1.62. The second-order valence-electron chi connectivity index (χ2n) is 6.75. The van der Waals surface area contributed by atoms with Gasteiger partial charge < -0.3 is 10.4 Å². The molecule has 1 aromatic rings. The van der Waals surface area contributed by atoms with Gasteiger partial charge in [-0.15, -0.1) is 0 Å². The van der Waals surface area contributed by atoms with Gasteiger partial charge in [0.1, 0.15) is 0 Å². The van der Waals surface area contributed by atoms with Crippen LogP contribution in [0.1, 0.15) is 41.6 Å². The highest BCUT2D eigenvalue weighted by atomic mass is 16.4. The number of carbonyl (C=O) groups excluding carboxylic acids is 1. The third-order valence-corrected chi connectivity index (χ3v) is 4.77. The van der Waals surface area contributed by atoms with E-state index in [1.165, 1.54) is 12.8 Å². The van der Waals surface area contributed by atoms with E-state index in [1.54, 1.807) is 24.3 Å². The van der Waals surface area contributed by atoms with Crippen LogP contribution in [0.25, 0.3) is 0 Å². The Morgan fingerprint density at radius 1 is 1.25 bits per heavy atom. The van der Waals surface area contributed by atoms with Crippen LogP contribution < -0.4 is 5.32 Å².